The van der Waals surface area contributed by atoms with Gasteiger partial charge in [0.05, 0.1) is 22.1 Å². The smallest absolute Gasteiger partial charge is 0.138 e. The molecule has 5 nitrogen and oxygen atoms in total. The van der Waals surface area contributed by atoms with Gasteiger partial charge in [-0.1, -0.05) is 30.3 Å². The van der Waals surface area contributed by atoms with Gasteiger partial charge in [0.2, 0.25) is 0 Å². The van der Waals surface area contributed by atoms with E-state index in [1.807, 2.05) is 24.5 Å². The zero-order valence-electron chi connectivity index (χ0n) is 17.5. The zero-order valence-corrected chi connectivity index (χ0v) is 17.5. The highest BCUT2D eigenvalue weighted by atomic mass is 15.0. The molecule has 32 heavy (non-hydrogen) atoms. The van der Waals surface area contributed by atoms with Gasteiger partial charge in [-0.3, -0.25) is 9.97 Å². The molecule has 0 bridgehead atoms. The van der Waals surface area contributed by atoms with Crippen LogP contribution >= 0.6 is 0 Å². The molecule has 0 unspecified atom stereocenters. The summed E-state index contributed by atoms with van der Waals surface area (Å²) >= 11 is 0. The van der Waals surface area contributed by atoms with E-state index in [1.165, 1.54) is 21.8 Å². The highest BCUT2D eigenvalue weighted by Crippen LogP contribution is 2.35. The van der Waals surface area contributed by atoms with Crippen LogP contribution in [0.2, 0.25) is 0 Å². The Morgan fingerprint density at radius 1 is 0.719 bits per heavy atom. The van der Waals surface area contributed by atoms with Crippen molar-refractivity contribution in [2.45, 2.75) is 13.5 Å². The number of para-hydroxylation sites is 1. The third-order valence-electron chi connectivity index (χ3n) is 6.43. The standard InChI is InChI=1S/C27H19N5/c1-2-32-21-10-4-3-7-17(21)18-12-11-16(15-22(18)32)27-30-25-19-8-5-13-28-23(19)24-20(26(25)31-27)9-6-14-29-24/h3-15H,2H2,1H3,(H,30,31). The highest BCUT2D eigenvalue weighted by molar-refractivity contribution is 6.21. The number of hydrogen-bond acceptors (Lipinski definition) is 3. The van der Waals surface area contributed by atoms with Crippen LogP contribution in [0.4, 0.5) is 0 Å². The molecule has 152 valence electrons. The second kappa shape index (κ2) is 6.37. The predicted molar refractivity (Wildman–Crippen MR) is 131 cm³/mol. The Labute approximate surface area is 183 Å². The molecule has 0 aliphatic rings. The maximum Gasteiger partial charge on any atom is 0.138 e. The normalized spacial score (nSPS) is 12.0. The van der Waals surface area contributed by atoms with Gasteiger partial charge in [-0.25, -0.2) is 4.98 Å². The summed E-state index contributed by atoms with van der Waals surface area (Å²) in [6.07, 6.45) is 3.63. The fourth-order valence-corrected chi connectivity index (χ4v) is 5.02. The Morgan fingerprint density at radius 3 is 2.28 bits per heavy atom. The molecular weight excluding hydrogens is 394 g/mol. The minimum absolute atomic E-state index is 0.858. The quantitative estimate of drug-likeness (QED) is 0.331. The van der Waals surface area contributed by atoms with Gasteiger partial charge in [-0.05, 0) is 43.3 Å². The first-order chi connectivity index (χ1) is 15.8. The minimum Gasteiger partial charge on any atom is -0.341 e. The van der Waals surface area contributed by atoms with Crippen molar-refractivity contribution >= 4 is 54.6 Å². The molecule has 7 aromatic rings. The second-order valence-corrected chi connectivity index (χ2v) is 8.10. The van der Waals surface area contributed by atoms with Crippen LogP contribution < -0.4 is 0 Å². The molecule has 0 saturated heterocycles. The van der Waals surface area contributed by atoms with Crippen molar-refractivity contribution in [3.05, 3.63) is 79.1 Å². The van der Waals surface area contributed by atoms with Crippen LogP contribution in [0.5, 0.6) is 0 Å². The van der Waals surface area contributed by atoms with Crippen molar-refractivity contribution in [1.82, 2.24) is 24.5 Å². The Hall–Kier alpha value is -4.25. The van der Waals surface area contributed by atoms with Gasteiger partial charge in [0, 0.05) is 57.1 Å². The van der Waals surface area contributed by atoms with E-state index >= 15 is 0 Å². The fraction of sp³-hybridized carbons (Fsp3) is 0.0741. The van der Waals surface area contributed by atoms with Crippen molar-refractivity contribution in [2.75, 3.05) is 0 Å². The number of rotatable bonds is 2. The van der Waals surface area contributed by atoms with E-state index in [0.717, 1.165) is 50.8 Å². The molecule has 4 aromatic heterocycles. The number of pyridine rings is 2. The van der Waals surface area contributed by atoms with Gasteiger partial charge < -0.3 is 9.55 Å². The van der Waals surface area contributed by atoms with Crippen LogP contribution in [-0.4, -0.2) is 24.5 Å². The molecule has 0 amide bonds. The number of nitrogens with one attached hydrogen (secondary N) is 1. The molecule has 3 aromatic carbocycles. The van der Waals surface area contributed by atoms with E-state index in [1.54, 1.807) is 0 Å². The number of aromatic amines is 1. The number of hydrogen-bond donors (Lipinski definition) is 1. The lowest BCUT2D eigenvalue weighted by atomic mass is 10.1. The Bertz CT molecular complexity index is 1750. The Kier molecular flexibility index (Phi) is 3.47. The first-order valence-corrected chi connectivity index (χ1v) is 10.9. The minimum atomic E-state index is 0.858. The molecular formula is C27H19N5. The SMILES string of the molecule is CCn1c2ccccc2c2ccc(-c3nc4c5cccnc5c5ncccc5c4[nH]3)cc21. The van der Waals surface area contributed by atoms with Crippen LogP contribution in [0.25, 0.3) is 66.0 Å². The van der Waals surface area contributed by atoms with Gasteiger partial charge in [0.15, 0.2) is 0 Å². The van der Waals surface area contributed by atoms with Crippen molar-refractivity contribution in [3.8, 4) is 11.4 Å². The first-order valence-electron chi connectivity index (χ1n) is 10.9. The molecule has 0 saturated carbocycles. The molecule has 4 heterocycles. The summed E-state index contributed by atoms with van der Waals surface area (Å²) in [5, 5.41) is 4.61. The maximum absolute atomic E-state index is 5.04. The molecule has 0 spiro atoms. The van der Waals surface area contributed by atoms with E-state index in [2.05, 4.69) is 81.0 Å². The van der Waals surface area contributed by atoms with Crippen molar-refractivity contribution in [1.29, 1.82) is 0 Å². The molecule has 0 radical (unpaired) electrons. The summed E-state index contributed by atoms with van der Waals surface area (Å²) < 4.78 is 2.37. The number of imidazole rings is 1. The van der Waals surface area contributed by atoms with Gasteiger partial charge >= 0.3 is 0 Å². The van der Waals surface area contributed by atoms with Crippen LogP contribution in [0.1, 0.15) is 6.92 Å². The Morgan fingerprint density at radius 2 is 1.44 bits per heavy atom. The molecule has 0 atom stereocenters. The lowest BCUT2D eigenvalue weighted by molar-refractivity contribution is 0.827. The number of fused-ring (bicyclic) bond motifs is 9. The van der Waals surface area contributed by atoms with Crippen LogP contribution in [0.15, 0.2) is 79.1 Å². The molecule has 0 aliphatic heterocycles. The molecule has 0 aliphatic carbocycles. The number of nitrogens with zero attached hydrogens (tertiary/aromatic N) is 4. The molecule has 5 heteroatoms. The van der Waals surface area contributed by atoms with E-state index in [4.69, 9.17) is 4.98 Å². The number of H-pyrrole nitrogens is 1. The third kappa shape index (κ3) is 2.25. The van der Waals surface area contributed by atoms with E-state index in [9.17, 15) is 0 Å². The Balaban J connectivity index is 1.55. The van der Waals surface area contributed by atoms with E-state index in [0.29, 0.717) is 0 Å². The van der Waals surface area contributed by atoms with Gasteiger partial charge in [0.1, 0.15) is 5.82 Å². The van der Waals surface area contributed by atoms with Gasteiger partial charge in [-0.15, -0.1) is 0 Å². The number of aryl methyl sites for hydroxylation is 1. The average molecular weight is 413 g/mol. The summed E-state index contributed by atoms with van der Waals surface area (Å²) in [6.45, 7) is 3.11. The summed E-state index contributed by atoms with van der Waals surface area (Å²) in [6, 6.07) is 23.3. The lowest BCUT2D eigenvalue weighted by Gasteiger charge is -2.04. The molecule has 0 fully saturated rings. The summed E-state index contributed by atoms with van der Waals surface area (Å²) in [7, 11) is 0. The fourth-order valence-electron chi connectivity index (χ4n) is 5.02. The van der Waals surface area contributed by atoms with Crippen LogP contribution in [-0.2, 0) is 6.54 Å². The predicted octanol–water partition coefficient (Wildman–Crippen LogP) is 6.45. The maximum atomic E-state index is 5.04. The zero-order chi connectivity index (χ0) is 21.2. The molecule has 1 N–H and O–H groups in total. The van der Waals surface area contributed by atoms with Crippen molar-refractivity contribution in [2.24, 2.45) is 0 Å². The van der Waals surface area contributed by atoms with Crippen molar-refractivity contribution in [3.63, 3.8) is 0 Å². The number of benzene rings is 3. The van der Waals surface area contributed by atoms with Gasteiger partial charge in [0.25, 0.3) is 0 Å². The van der Waals surface area contributed by atoms with Crippen LogP contribution in [0, 0.1) is 0 Å². The largest absolute Gasteiger partial charge is 0.341 e. The van der Waals surface area contributed by atoms with Crippen molar-refractivity contribution < 1.29 is 0 Å². The second-order valence-electron chi connectivity index (χ2n) is 8.10. The highest BCUT2D eigenvalue weighted by Gasteiger charge is 2.16. The summed E-state index contributed by atoms with van der Waals surface area (Å²) in [5.74, 6) is 0.858. The molecule has 7 rings (SSSR count). The summed E-state index contributed by atoms with van der Waals surface area (Å²) in [5.41, 5.74) is 7.27. The first kappa shape index (κ1) is 17.4. The monoisotopic (exact) mass is 413 g/mol. The van der Waals surface area contributed by atoms with Crippen LogP contribution in [0.3, 0.4) is 0 Å². The third-order valence-corrected chi connectivity index (χ3v) is 6.43. The van der Waals surface area contributed by atoms with E-state index < -0.39 is 0 Å². The lowest BCUT2D eigenvalue weighted by Crippen LogP contribution is -1.93. The topological polar surface area (TPSA) is 59.4 Å². The van der Waals surface area contributed by atoms with Gasteiger partial charge in [-0.2, -0.15) is 0 Å². The number of aromatic nitrogens is 5. The van der Waals surface area contributed by atoms with E-state index in [-0.39, 0.29) is 0 Å². The summed E-state index contributed by atoms with van der Waals surface area (Å²) in [4.78, 5) is 17.9. The average Bonchev–Trinajstić information content (AvgIpc) is 3.44.